The van der Waals surface area contributed by atoms with Gasteiger partial charge in [0.15, 0.2) is 0 Å². The molecule has 0 spiro atoms. The highest BCUT2D eigenvalue weighted by molar-refractivity contribution is 5.91. The van der Waals surface area contributed by atoms with E-state index in [0.717, 1.165) is 11.4 Å². The van der Waals surface area contributed by atoms with Gasteiger partial charge in [0.05, 0.1) is 23.3 Å². The lowest BCUT2D eigenvalue weighted by Crippen LogP contribution is -2.14. The molecular weight excluding hydrogens is 285 g/mol. The highest BCUT2D eigenvalue weighted by atomic mass is 19.1. The van der Waals surface area contributed by atoms with Gasteiger partial charge in [0.25, 0.3) is 0 Å². The normalized spacial score (nSPS) is 11.0. The third-order valence-corrected chi connectivity index (χ3v) is 3.26. The minimum absolute atomic E-state index is 0.0146. The predicted molar refractivity (Wildman–Crippen MR) is 82.6 cm³/mol. The molecule has 0 fully saturated rings. The molecule has 0 saturated carbocycles. The van der Waals surface area contributed by atoms with Crippen molar-refractivity contribution in [2.24, 2.45) is 0 Å². The number of benzene rings is 1. The van der Waals surface area contributed by atoms with Gasteiger partial charge >= 0.3 is 0 Å². The number of hydrogen-bond acceptors (Lipinski definition) is 3. The first-order chi connectivity index (χ1) is 10.5. The van der Waals surface area contributed by atoms with Crippen LogP contribution >= 0.6 is 0 Å². The Morgan fingerprint density at radius 3 is 2.64 bits per heavy atom. The van der Waals surface area contributed by atoms with E-state index >= 15 is 0 Å². The molecular formula is C16H20FN3O2. The van der Waals surface area contributed by atoms with Crippen molar-refractivity contribution in [1.29, 1.82) is 0 Å². The third kappa shape index (κ3) is 3.71. The summed E-state index contributed by atoms with van der Waals surface area (Å²) in [7, 11) is 0. The van der Waals surface area contributed by atoms with E-state index in [0.29, 0.717) is 12.1 Å². The second-order valence-electron chi connectivity index (χ2n) is 5.36. The maximum Gasteiger partial charge on any atom is 0.224 e. The number of nitrogens with zero attached hydrogens (tertiary/aromatic N) is 2. The fraction of sp³-hybridized carbons (Fsp3) is 0.375. The van der Waals surface area contributed by atoms with Crippen LogP contribution in [0.15, 0.2) is 30.5 Å². The summed E-state index contributed by atoms with van der Waals surface area (Å²) in [6, 6.07) is 6.04. The summed E-state index contributed by atoms with van der Waals surface area (Å²) < 4.78 is 14.8. The van der Waals surface area contributed by atoms with Crippen molar-refractivity contribution in [3.63, 3.8) is 0 Å². The molecule has 2 N–H and O–H groups in total. The molecule has 0 radical (unpaired) electrons. The van der Waals surface area contributed by atoms with Crippen molar-refractivity contribution in [1.82, 2.24) is 9.78 Å². The fourth-order valence-electron chi connectivity index (χ4n) is 2.25. The van der Waals surface area contributed by atoms with Gasteiger partial charge < -0.3 is 10.4 Å². The molecule has 118 valence electrons. The second kappa shape index (κ2) is 7.17. The van der Waals surface area contributed by atoms with E-state index in [-0.39, 0.29) is 30.7 Å². The average Bonchev–Trinajstić information content (AvgIpc) is 2.89. The first kappa shape index (κ1) is 16.2. The van der Waals surface area contributed by atoms with E-state index in [1.54, 1.807) is 23.0 Å². The van der Waals surface area contributed by atoms with Crippen LogP contribution in [0.2, 0.25) is 0 Å². The number of amides is 1. The number of carbonyl (C=O) groups excluding carboxylic acids is 1. The topological polar surface area (TPSA) is 67.2 Å². The maximum atomic E-state index is 13.1. The highest BCUT2D eigenvalue weighted by Crippen LogP contribution is 2.27. The number of aliphatic hydroxyl groups excluding tert-OH is 1. The summed E-state index contributed by atoms with van der Waals surface area (Å²) in [6.07, 6.45) is 2.28. The number of nitrogens with one attached hydrogen (secondary N) is 1. The molecule has 0 aliphatic carbocycles. The molecule has 2 aromatic rings. The van der Waals surface area contributed by atoms with Crippen molar-refractivity contribution < 1.29 is 14.3 Å². The Morgan fingerprint density at radius 1 is 1.36 bits per heavy atom. The van der Waals surface area contributed by atoms with Gasteiger partial charge in [-0.05, 0) is 36.6 Å². The van der Waals surface area contributed by atoms with Gasteiger partial charge in [0, 0.05) is 13.0 Å². The predicted octanol–water partition coefficient (Wildman–Crippen LogP) is 2.85. The van der Waals surface area contributed by atoms with E-state index in [2.05, 4.69) is 10.4 Å². The minimum atomic E-state index is -0.306. The van der Waals surface area contributed by atoms with Crippen LogP contribution in [0.1, 0.15) is 38.3 Å². The lowest BCUT2D eigenvalue weighted by Gasteiger charge is -2.13. The Hall–Kier alpha value is -2.21. The van der Waals surface area contributed by atoms with Crippen molar-refractivity contribution in [3.05, 3.63) is 42.0 Å². The number of aromatic nitrogens is 2. The van der Waals surface area contributed by atoms with Crippen LogP contribution in [-0.2, 0) is 4.79 Å². The van der Waals surface area contributed by atoms with Crippen molar-refractivity contribution >= 4 is 11.6 Å². The molecule has 0 bridgehead atoms. The molecule has 0 atom stereocenters. The number of carbonyl (C=O) groups is 1. The molecule has 5 nitrogen and oxygen atoms in total. The molecule has 0 unspecified atom stereocenters. The second-order valence-corrected chi connectivity index (χ2v) is 5.36. The minimum Gasteiger partial charge on any atom is -0.396 e. The number of aliphatic hydroxyl groups is 1. The van der Waals surface area contributed by atoms with Crippen molar-refractivity contribution in [2.45, 2.75) is 32.6 Å². The van der Waals surface area contributed by atoms with Crippen LogP contribution in [0, 0.1) is 5.82 Å². The van der Waals surface area contributed by atoms with Gasteiger partial charge in [0.2, 0.25) is 5.91 Å². The van der Waals surface area contributed by atoms with Crippen LogP contribution < -0.4 is 5.32 Å². The van der Waals surface area contributed by atoms with Gasteiger partial charge in [-0.1, -0.05) is 13.8 Å². The van der Waals surface area contributed by atoms with Gasteiger partial charge in [-0.3, -0.25) is 4.79 Å². The molecule has 0 saturated heterocycles. The number of anilines is 1. The number of rotatable bonds is 6. The molecule has 2 rings (SSSR count). The summed E-state index contributed by atoms with van der Waals surface area (Å²) in [5.74, 6) is -0.338. The molecule has 1 amide bonds. The Kier molecular flexibility index (Phi) is 5.27. The van der Waals surface area contributed by atoms with E-state index in [1.807, 2.05) is 13.8 Å². The SMILES string of the molecule is CC(C)c1c(NC(=O)CCCO)cnn1-c1ccc(F)cc1. The summed E-state index contributed by atoms with van der Waals surface area (Å²) in [6.45, 7) is 3.99. The number of halogens is 1. The monoisotopic (exact) mass is 305 g/mol. The molecule has 22 heavy (non-hydrogen) atoms. The van der Waals surface area contributed by atoms with Crippen LogP contribution in [0.3, 0.4) is 0 Å². The number of hydrogen-bond donors (Lipinski definition) is 2. The van der Waals surface area contributed by atoms with E-state index in [4.69, 9.17) is 5.11 Å². The zero-order valence-electron chi connectivity index (χ0n) is 12.7. The Bertz CT molecular complexity index is 635. The summed E-state index contributed by atoms with van der Waals surface area (Å²) in [5.41, 5.74) is 2.23. The molecule has 1 heterocycles. The molecule has 1 aromatic heterocycles. The van der Waals surface area contributed by atoms with Gasteiger partial charge in [0.1, 0.15) is 5.82 Å². The standard InChI is InChI=1S/C16H20FN3O2/c1-11(2)16-14(19-15(22)4-3-9-21)10-18-20(16)13-7-5-12(17)6-8-13/h5-8,10-11,21H,3-4,9H2,1-2H3,(H,19,22). The molecule has 6 heteroatoms. The van der Waals surface area contributed by atoms with Crippen LogP contribution in [0.5, 0.6) is 0 Å². The van der Waals surface area contributed by atoms with Crippen molar-refractivity contribution in [2.75, 3.05) is 11.9 Å². The summed E-state index contributed by atoms with van der Waals surface area (Å²) in [5, 5.41) is 15.9. The smallest absolute Gasteiger partial charge is 0.224 e. The van der Waals surface area contributed by atoms with Gasteiger partial charge in [-0.2, -0.15) is 5.10 Å². The third-order valence-electron chi connectivity index (χ3n) is 3.26. The molecule has 0 aliphatic rings. The maximum absolute atomic E-state index is 13.1. The van der Waals surface area contributed by atoms with E-state index < -0.39 is 0 Å². The molecule has 0 aliphatic heterocycles. The van der Waals surface area contributed by atoms with E-state index in [9.17, 15) is 9.18 Å². The zero-order valence-corrected chi connectivity index (χ0v) is 12.7. The van der Waals surface area contributed by atoms with Crippen LogP contribution in [0.4, 0.5) is 10.1 Å². The Balaban J connectivity index is 2.29. The molecule has 1 aromatic carbocycles. The average molecular weight is 305 g/mol. The fourth-order valence-corrected chi connectivity index (χ4v) is 2.25. The van der Waals surface area contributed by atoms with Crippen LogP contribution in [-0.4, -0.2) is 27.4 Å². The quantitative estimate of drug-likeness (QED) is 0.862. The summed E-state index contributed by atoms with van der Waals surface area (Å²) >= 11 is 0. The Morgan fingerprint density at radius 2 is 2.05 bits per heavy atom. The first-order valence-corrected chi connectivity index (χ1v) is 7.27. The van der Waals surface area contributed by atoms with Gasteiger partial charge in [-0.25, -0.2) is 9.07 Å². The largest absolute Gasteiger partial charge is 0.396 e. The first-order valence-electron chi connectivity index (χ1n) is 7.27. The lowest BCUT2D eigenvalue weighted by molar-refractivity contribution is -0.116. The van der Waals surface area contributed by atoms with E-state index in [1.165, 1.54) is 12.1 Å². The van der Waals surface area contributed by atoms with Crippen LogP contribution in [0.25, 0.3) is 5.69 Å². The summed E-state index contributed by atoms with van der Waals surface area (Å²) in [4.78, 5) is 11.8. The lowest BCUT2D eigenvalue weighted by atomic mass is 10.1. The Labute approximate surface area is 128 Å². The van der Waals surface area contributed by atoms with Gasteiger partial charge in [-0.15, -0.1) is 0 Å². The van der Waals surface area contributed by atoms with Crippen molar-refractivity contribution in [3.8, 4) is 5.69 Å². The zero-order chi connectivity index (χ0) is 16.1. The highest BCUT2D eigenvalue weighted by Gasteiger charge is 2.17.